The number of amides is 1. The van der Waals surface area contributed by atoms with Gasteiger partial charge < -0.3 is 15.2 Å². The Hall–Kier alpha value is -3.99. The van der Waals surface area contributed by atoms with Gasteiger partial charge in [0.2, 0.25) is 0 Å². The molecule has 3 N–H and O–H groups in total. The molecule has 0 unspecified atom stereocenters. The highest BCUT2D eigenvalue weighted by atomic mass is 35.5. The first-order valence-electron chi connectivity index (χ1n) is 11.1. The van der Waals surface area contributed by atoms with Crippen LogP contribution in [-0.4, -0.2) is 30.6 Å². The normalized spacial score (nSPS) is 11.7. The molecule has 1 amide bonds. The molecule has 9 nitrogen and oxygen atoms in total. The van der Waals surface area contributed by atoms with E-state index in [1.165, 1.54) is 25.1 Å². The van der Waals surface area contributed by atoms with Gasteiger partial charge in [-0.3, -0.25) is 9.35 Å². The Labute approximate surface area is 218 Å². The third-order valence-electron chi connectivity index (χ3n) is 5.50. The molecule has 11 heteroatoms. The summed E-state index contributed by atoms with van der Waals surface area (Å²) in [7, 11) is -4.68. The zero-order valence-corrected chi connectivity index (χ0v) is 21.3. The van der Waals surface area contributed by atoms with Gasteiger partial charge in [-0.05, 0) is 67.3 Å². The molecule has 0 radical (unpaired) electrons. The van der Waals surface area contributed by atoms with E-state index in [1.54, 1.807) is 48.5 Å². The van der Waals surface area contributed by atoms with Gasteiger partial charge in [0.1, 0.15) is 22.0 Å². The van der Waals surface area contributed by atoms with E-state index in [0.29, 0.717) is 28.8 Å². The molecule has 0 spiro atoms. The fourth-order valence-electron chi connectivity index (χ4n) is 3.75. The van der Waals surface area contributed by atoms with Crippen LogP contribution in [0.3, 0.4) is 0 Å². The molecule has 4 aromatic carbocycles. The highest BCUT2D eigenvalue weighted by Gasteiger charge is 2.22. The van der Waals surface area contributed by atoms with Crippen LogP contribution in [0.4, 0.5) is 17.1 Å². The van der Waals surface area contributed by atoms with Gasteiger partial charge in [-0.2, -0.15) is 8.42 Å². The molecule has 4 aromatic rings. The Bertz CT molecular complexity index is 1640. The summed E-state index contributed by atoms with van der Waals surface area (Å²) >= 11 is 6.02. The zero-order chi connectivity index (χ0) is 26.7. The molecule has 0 heterocycles. The van der Waals surface area contributed by atoms with Crippen molar-refractivity contribution in [1.82, 2.24) is 0 Å². The van der Waals surface area contributed by atoms with Crippen LogP contribution < -0.4 is 10.1 Å². The van der Waals surface area contributed by atoms with Crippen molar-refractivity contribution < 1.29 is 27.6 Å². The summed E-state index contributed by atoms with van der Waals surface area (Å²) in [5.74, 6) is -0.395. The maximum Gasteiger partial charge on any atom is 0.297 e. The fraction of sp³-hybridized carbons (Fsp3) is 0.115. The Balaban J connectivity index is 1.78. The second-order valence-electron chi connectivity index (χ2n) is 7.95. The number of aromatic hydroxyl groups is 1. The van der Waals surface area contributed by atoms with E-state index in [-0.39, 0.29) is 27.5 Å². The van der Waals surface area contributed by atoms with E-state index < -0.39 is 26.7 Å². The molecule has 0 saturated carbocycles. The molecule has 190 valence electrons. The van der Waals surface area contributed by atoms with Gasteiger partial charge in [0.05, 0.1) is 12.2 Å². The molecular formula is C26H22ClN3O6S. The lowest BCUT2D eigenvalue weighted by atomic mass is 10.0. The number of carbonyl (C=O) groups excluding carboxylic acids is 1. The fourth-order valence-corrected chi connectivity index (χ4v) is 4.84. The van der Waals surface area contributed by atoms with Crippen LogP contribution in [0.5, 0.6) is 11.5 Å². The van der Waals surface area contributed by atoms with Gasteiger partial charge in [-0.1, -0.05) is 35.9 Å². The maximum absolute atomic E-state index is 13.1. The summed E-state index contributed by atoms with van der Waals surface area (Å²) in [5, 5.41) is 23.0. The van der Waals surface area contributed by atoms with E-state index in [2.05, 4.69) is 15.5 Å². The van der Waals surface area contributed by atoms with Gasteiger partial charge >= 0.3 is 0 Å². The highest BCUT2D eigenvalue weighted by Crippen LogP contribution is 2.41. The lowest BCUT2D eigenvalue weighted by Gasteiger charge is -2.12. The molecule has 0 aromatic heterocycles. The summed E-state index contributed by atoms with van der Waals surface area (Å²) in [6, 6.07) is 17.9. The molecule has 0 atom stereocenters. The van der Waals surface area contributed by atoms with Gasteiger partial charge in [0.15, 0.2) is 5.75 Å². The number of fused-ring (bicyclic) bond motifs is 1. The average molecular weight is 540 g/mol. The summed E-state index contributed by atoms with van der Waals surface area (Å²) < 4.78 is 39.1. The molecular weight excluding hydrogens is 518 g/mol. The van der Waals surface area contributed by atoms with Crippen LogP contribution in [0, 0.1) is 6.92 Å². The minimum absolute atomic E-state index is 0.0520. The van der Waals surface area contributed by atoms with Crippen molar-refractivity contribution in [3.8, 4) is 11.5 Å². The standard InChI is InChI=1S/C26H22ClN3O6S/c1-3-36-18-10-8-17(9-11-18)28-26(32)20-14-16-6-4-5-7-19(16)23(24(20)31)30-29-22-13-12-21(27)15(2)25(22)37(33,34)35/h4-14,31H,3H2,1-2H3,(H,28,32)(H,33,34,35). The lowest BCUT2D eigenvalue weighted by Crippen LogP contribution is -2.12. The van der Waals surface area contributed by atoms with Crippen molar-refractivity contribution >= 4 is 55.5 Å². The number of phenols is 1. The lowest BCUT2D eigenvalue weighted by molar-refractivity contribution is 0.102. The van der Waals surface area contributed by atoms with E-state index >= 15 is 0 Å². The predicted molar refractivity (Wildman–Crippen MR) is 141 cm³/mol. The smallest absolute Gasteiger partial charge is 0.297 e. The number of rotatable bonds is 7. The minimum atomic E-state index is -4.68. The number of carbonyl (C=O) groups is 1. The summed E-state index contributed by atoms with van der Waals surface area (Å²) in [6.07, 6.45) is 0. The molecule has 4 rings (SSSR count). The molecule has 0 bridgehead atoms. The van der Waals surface area contributed by atoms with E-state index in [9.17, 15) is 22.9 Å². The van der Waals surface area contributed by atoms with Gasteiger partial charge in [0.25, 0.3) is 16.0 Å². The number of hydrogen-bond acceptors (Lipinski definition) is 7. The first-order chi connectivity index (χ1) is 17.6. The van der Waals surface area contributed by atoms with Crippen molar-refractivity contribution in [3.05, 3.63) is 82.9 Å². The number of anilines is 1. The molecule has 0 aliphatic carbocycles. The second-order valence-corrected chi connectivity index (χ2v) is 9.72. The summed E-state index contributed by atoms with van der Waals surface area (Å²) in [4.78, 5) is 12.6. The van der Waals surface area contributed by atoms with Gasteiger partial charge in [-0.15, -0.1) is 10.2 Å². The van der Waals surface area contributed by atoms with Crippen LogP contribution in [0.1, 0.15) is 22.8 Å². The van der Waals surface area contributed by atoms with Crippen LogP contribution in [0.2, 0.25) is 5.02 Å². The maximum atomic E-state index is 13.1. The predicted octanol–water partition coefficient (Wildman–Crippen LogP) is 6.82. The third-order valence-corrected chi connectivity index (χ3v) is 6.94. The van der Waals surface area contributed by atoms with Crippen molar-refractivity contribution in [2.24, 2.45) is 10.2 Å². The number of nitrogens with one attached hydrogen (secondary N) is 1. The van der Waals surface area contributed by atoms with Gasteiger partial charge in [0, 0.05) is 16.1 Å². The zero-order valence-electron chi connectivity index (χ0n) is 19.8. The number of halogens is 1. The number of azo groups is 1. The monoisotopic (exact) mass is 539 g/mol. The molecule has 0 aliphatic rings. The molecule has 0 aliphatic heterocycles. The molecule has 0 fully saturated rings. The third kappa shape index (κ3) is 5.56. The number of benzene rings is 4. The average Bonchev–Trinajstić information content (AvgIpc) is 2.85. The van der Waals surface area contributed by atoms with Crippen LogP contribution >= 0.6 is 11.6 Å². The largest absolute Gasteiger partial charge is 0.505 e. The Kier molecular flexibility index (Phi) is 7.44. The van der Waals surface area contributed by atoms with Crippen molar-refractivity contribution in [2.75, 3.05) is 11.9 Å². The number of nitrogens with zero attached hydrogens (tertiary/aromatic N) is 2. The summed E-state index contributed by atoms with van der Waals surface area (Å²) in [5.41, 5.74) is 0.279. The van der Waals surface area contributed by atoms with Crippen molar-refractivity contribution in [1.29, 1.82) is 0 Å². The Morgan fingerprint density at radius 3 is 2.43 bits per heavy atom. The SMILES string of the molecule is CCOc1ccc(NC(=O)c2cc3ccccc3c(N=Nc3ccc(Cl)c(C)c3S(=O)(=O)O)c2O)cc1. The van der Waals surface area contributed by atoms with Crippen LogP contribution in [-0.2, 0) is 10.1 Å². The van der Waals surface area contributed by atoms with E-state index in [0.717, 1.165) is 0 Å². The molecule has 37 heavy (non-hydrogen) atoms. The van der Waals surface area contributed by atoms with Crippen molar-refractivity contribution in [2.45, 2.75) is 18.7 Å². The number of hydrogen-bond donors (Lipinski definition) is 3. The van der Waals surface area contributed by atoms with Gasteiger partial charge in [-0.25, -0.2) is 0 Å². The highest BCUT2D eigenvalue weighted by molar-refractivity contribution is 7.86. The Morgan fingerprint density at radius 2 is 1.76 bits per heavy atom. The van der Waals surface area contributed by atoms with E-state index in [4.69, 9.17) is 16.3 Å². The minimum Gasteiger partial charge on any atom is -0.505 e. The first-order valence-corrected chi connectivity index (χ1v) is 12.9. The van der Waals surface area contributed by atoms with Crippen LogP contribution in [0.15, 0.2) is 81.9 Å². The number of phenolic OH excluding ortho intramolecular Hbond substituents is 1. The van der Waals surface area contributed by atoms with E-state index in [1.807, 2.05) is 6.92 Å². The quantitative estimate of drug-likeness (QED) is 0.174. The van der Waals surface area contributed by atoms with Crippen LogP contribution in [0.25, 0.3) is 10.8 Å². The summed E-state index contributed by atoms with van der Waals surface area (Å²) in [6.45, 7) is 3.79. The Morgan fingerprint density at radius 1 is 1.05 bits per heavy atom. The van der Waals surface area contributed by atoms with Crippen molar-refractivity contribution in [3.63, 3.8) is 0 Å². The second kappa shape index (κ2) is 10.6. The molecule has 0 saturated heterocycles. The number of ether oxygens (including phenoxy) is 1. The first kappa shape index (κ1) is 26.1. The topological polar surface area (TPSA) is 138 Å².